The van der Waals surface area contributed by atoms with Crippen LogP contribution in [0.2, 0.25) is 0 Å². The van der Waals surface area contributed by atoms with Gasteiger partial charge in [-0.15, -0.1) is 0 Å². The molecule has 0 unspecified atom stereocenters. The van der Waals surface area contributed by atoms with Crippen molar-refractivity contribution in [2.45, 2.75) is 26.7 Å². The molecule has 0 bridgehead atoms. The van der Waals surface area contributed by atoms with Crippen LogP contribution in [0, 0.1) is 11.7 Å². The van der Waals surface area contributed by atoms with Gasteiger partial charge in [-0.1, -0.05) is 32.8 Å². The zero-order chi connectivity index (χ0) is 11.3. The fourth-order valence-corrected chi connectivity index (χ4v) is 1.97. The molecular formula is C12H17BrFN. The SMILES string of the molecule is CCC(CC)CNc1c(F)cccc1Br. The first kappa shape index (κ1) is 12.5. The molecule has 0 aliphatic carbocycles. The van der Waals surface area contributed by atoms with Crippen LogP contribution in [-0.4, -0.2) is 6.54 Å². The van der Waals surface area contributed by atoms with E-state index in [9.17, 15) is 4.39 Å². The lowest BCUT2D eigenvalue weighted by molar-refractivity contribution is 0.517. The normalized spacial score (nSPS) is 10.7. The standard InChI is InChI=1S/C12H17BrFN/c1-3-9(4-2)8-15-12-10(13)6-5-7-11(12)14/h5-7,9,15H,3-4,8H2,1-2H3. The number of benzene rings is 1. The Bertz CT molecular complexity index is 290. The summed E-state index contributed by atoms with van der Waals surface area (Å²) in [5, 5.41) is 3.16. The third-order valence-electron chi connectivity index (χ3n) is 2.68. The Balaban J connectivity index is 2.64. The first-order valence-corrected chi connectivity index (χ1v) is 6.16. The maximum absolute atomic E-state index is 13.4. The lowest BCUT2D eigenvalue weighted by Crippen LogP contribution is -2.13. The van der Waals surface area contributed by atoms with Gasteiger partial charge in [-0.05, 0) is 34.0 Å². The molecule has 0 saturated carbocycles. The number of halogens is 2. The number of hydrogen-bond donors (Lipinski definition) is 1. The van der Waals surface area contributed by atoms with E-state index in [2.05, 4.69) is 35.1 Å². The molecule has 1 rings (SSSR count). The predicted octanol–water partition coefficient (Wildman–Crippen LogP) is 4.44. The van der Waals surface area contributed by atoms with E-state index in [-0.39, 0.29) is 5.82 Å². The Hall–Kier alpha value is -0.570. The Morgan fingerprint density at radius 1 is 1.33 bits per heavy atom. The smallest absolute Gasteiger partial charge is 0.147 e. The number of anilines is 1. The summed E-state index contributed by atoms with van der Waals surface area (Å²) in [5.74, 6) is 0.409. The molecule has 0 aliphatic rings. The largest absolute Gasteiger partial charge is 0.381 e. The van der Waals surface area contributed by atoms with Crippen LogP contribution in [0.25, 0.3) is 0 Å². The van der Waals surface area contributed by atoms with Crippen LogP contribution in [0.15, 0.2) is 22.7 Å². The van der Waals surface area contributed by atoms with Crippen molar-refractivity contribution >= 4 is 21.6 Å². The second-order valence-corrected chi connectivity index (χ2v) is 4.51. The van der Waals surface area contributed by atoms with Crippen molar-refractivity contribution in [1.29, 1.82) is 0 Å². The van der Waals surface area contributed by atoms with Gasteiger partial charge in [0.25, 0.3) is 0 Å². The van der Waals surface area contributed by atoms with Crippen molar-refractivity contribution in [2.24, 2.45) is 5.92 Å². The van der Waals surface area contributed by atoms with Gasteiger partial charge in [-0.3, -0.25) is 0 Å². The van der Waals surface area contributed by atoms with Crippen molar-refractivity contribution < 1.29 is 4.39 Å². The highest BCUT2D eigenvalue weighted by Gasteiger charge is 2.08. The maximum Gasteiger partial charge on any atom is 0.147 e. The van der Waals surface area contributed by atoms with Gasteiger partial charge in [-0.2, -0.15) is 0 Å². The van der Waals surface area contributed by atoms with Crippen molar-refractivity contribution in [3.05, 3.63) is 28.5 Å². The first-order valence-electron chi connectivity index (χ1n) is 5.36. The van der Waals surface area contributed by atoms with E-state index >= 15 is 0 Å². The van der Waals surface area contributed by atoms with Crippen molar-refractivity contribution in [3.63, 3.8) is 0 Å². The van der Waals surface area contributed by atoms with Crippen molar-refractivity contribution in [1.82, 2.24) is 0 Å². The lowest BCUT2D eigenvalue weighted by atomic mass is 10.0. The molecule has 1 N–H and O–H groups in total. The van der Waals surface area contributed by atoms with Gasteiger partial charge in [-0.25, -0.2) is 4.39 Å². The van der Waals surface area contributed by atoms with Gasteiger partial charge >= 0.3 is 0 Å². The second-order valence-electron chi connectivity index (χ2n) is 3.66. The molecule has 0 amide bonds. The molecule has 1 nitrogen and oxygen atoms in total. The van der Waals surface area contributed by atoms with Gasteiger partial charge in [0.05, 0.1) is 5.69 Å². The summed E-state index contributed by atoms with van der Waals surface area (Å²) in [4.78, 5) is 0. The fraction of sp³-hybridized carbons (Fsp3) is 0.500. The summed E-state index contributed by atoms with van der Waals surface area (Å²) in [6.45, 7) is 5.14. The van der Waals surface area contributed by atoms with E-state index in [4.69, 9.17) is 0 Å². The Kier molecular flexibility index (Phi) is 5.09. The second kappa shape index (κ2) is 6.11. The quantitative estimate of drug-likeness (QED) is 0.837. The molecule has 0 aliphatic heterocycles. The minimum Gasteiger partial charge on any atom is -0.381 e. The number of para-hydroxylation sites is 1. The Morgan fingerprint density at radius 2 is 2.00 bits per heavy atom. The molecule has 0 heterocycles. The predicted molar refractivity (Wildman–Crippen MR) is 66.7 cm³/mol. The van der Waals surface area contributed by atoms with E-state index in [0.717, 1.165) is 23.9 Å². The molecule has 0 aromatic heterocycles. The van der Waals surface area contributed by atoms with Crippen LogP contribution >= 0.6 is 15.9 Å². The summed E-state index contributed by atoms with van der Waals surface area (Å²) < 4.78 is 14.2. The molecule has 0 saturated heterocycles. The molecule has 0 atom stereocenters. The monoisotopic (exact) mass is 273 g/mol. The lowest BCUT2D eigenvalue weighted by Gasteiger charge is -2.15. The summed E-state index contributed by atoms with van der Waals surface area (Å²) in [7, 11) is 0. The maximum atomic E-state index is 13.4. The minimum absolute atomic E-state index is 0.199. The van der Waals surface area contributed by atoms with E-state index in [1.165, 1.54) is 6.07 Å². The molecule has 15 heavy (non-hydrogen) atoms. The molecule has 3 heteroatoms. The van der Waals surface area contributed by atoms with Crippen LogP contribution in [0.3, 0.4) is 0 Å². The summed E-state index contributed by atoms with van der Waals surface area (Å²) in [5.41, 5.74) is 0.574. The zero-order valence-corrected chi connectivity index (χ0v) is 10.8. The van der Waals surface area contributed by atoms with E-state index < -0.39 is 0 Å². The molecule has 0 radical (unpaired) electrons. The topological polar surface area (TPSA) is 12.0 Å². The van der Waals surface area contributed by atoms with Gasteiger partial charge in [0.2, 0.25) is 0 Å². The molecule has 84 valence electrons. The summed E-state index contributed by atoms with van der Waals surface area (Å²) in [6, 6.07) is 5.01. The van der Waals surface area contributed by atoms with Gasteiger partial charge in [0.15, 0.2) is 0 Å². The van der Waals surface area contributed by atoms with Crippen molar-refractivity contribution in [3.8, 4) is 0 Å². The summed E-state index contributed by atoms with van der Waals surface area (Å²) >= 11 is 3.34. The van der Waals surface area contributed by atoms with Crippen LogP contribution in [-0.2, 0) is 0 Å². The van der Waals surface area contributed by atoms with Crippen molar-refractivity contribution in [2.75, 3.05) is 11.9 Å². The highest BCUT2D eigenvalue weighted by atomic mass is 79.9. The molecule has 0 fully saturated rings. The van der Waals surface area contributed by atoms with Gasteiger partial charge in [0.1, 0.15) is 5.82 Å². The fourth-order valence-electron chi connectivity index (χ4n) is 1.49. The van der Waals surface area contributed by atoms with Crippen LogP contribution in [0.4, 0.5) is 10.1 Å². The Labute approximate surface area is 99.2 Å². The van der Waals surface area contributed by atoms with E-state index in [0.29, 0.717) is 11.6 Å². The van der Waals surface area contributed by atoms with E-state index in [1.807, 2.05) is 6.07 Å². The highest BCUT2D eigenvalue weighted by molar-refractivity contribution is 9.10. The average molecular weight is 274 g/mol. The average Bonchev–Trinajstić information content (AvgIpc) is 2.23. The zero-order valence-electron chi connectivity index (χ0n) is 9.19. The number of nitrogens with one attached hydrogen (secondary N) is 1. The van der Waals surface area contributed by atoms with Gasteiger partial charge < -0.3 is 5.32 Å². The number of rotatable bonds is 5. The minimum atomic E-state index is -0.199. The van der Waals surface area contributed by atoms with Crippen LogP contribution in [0.1, 0.15) is 26.7 Å². The molecule has 1 aromatic carbocycles. The third-order valence-corrected chi connectivity index (χ3v) is 3.35. The Morgan fingerprint density at radius 3 is 2.53 bits per heavy atom. The van der Waals surface area contributed by atoms with Crippen LogP contribution < -0.4 is 5.32 Å². The summed E-state index contributed by atoms with van der Waals surface area (Å²) in [6.07, 6.45) is 2.24. The third kappa shape index (κ3) is 3.49. The van der Waals surface area contributed by atoms with Gasteiger partial charge in [0, 0.05) is 11.0 Å². The highest BCUT2D eigenvalue weighted by Crippen LogP contribution is 2.25. The number of hydrogen-bond acceptors (Lipinski definition) is 1. The molecule has 0 spiro atoms. The molecular weight excluding hydrogens is 257 g/mol. The molecule has 1 aromatic rings. The van der Waals surface area contributed by atoms with Crippen LogP contribution in [0.5, 0.6) is 0 Å². The van der Waals surface area contributed by atoms with E-state index in [1.54, 1.807) is 6.07 Å². The first-order chi connectivity index (χ1) is 7.19.